The molecule has 0 aliphatic carbocycles. The molecule has 2 aromatic rings. The van der Waals surface area contributed by atoms with Crippen molar-refractivity contribution in [3.8, 4) is 5.75 Å². The minimum absolute atomic E-state index is 0.116. The monoisotopic (exact) mass is 555 g/mol. The summed E-state index contributed by atoms with van der Waals surface area (Å²) in [7, 11) is -2.25. The Morgan fingerprint density at radius 2 is 2.00 bits per heavy atom. The first-order valence-corrected chi connectivity index (χ1v) is 11.3. The van der Waals surface area contributed by atoms with Gasteiger partial charge in [0.15, 0.2) is 0 Å². The van der Waals surface area contributed by atoms with E-state index in [2.05, 4.69) is 47.6 Å². The molecule has 0 amide bonds. The molecule has 0 fully saturated rings. The molecule has 0 spiro atoms. The highest BCUT2D eigenvalue weighted by atomic mass is 79.9. The summed E-state index contributed by atoms with van der Waals surface area (Å²) < 4.78 is 78.4. The van der Waals surface area contributed by atoms with Crippen molar-refractivity contribution in [2.45, 2.75) is 30.1 Å². The van der Waals surface area contributed by atoms with Gasteiger partial charge in [-0.2, -0.15) is 31.0 Å². The van der Waals surface area contributed by atoms with Crippen LogP contribution in [-0.4, -0.2) is 63.2 Å². The molecule has 0 bridgehead atoms. The minimum Gasteiger partial charge on any atom is -0.495 e. The molecular weight excluding hydrogens is 535 g/mol. The number of methoxy groups -OCH3 is 2. The summed E-state index contributed by atoms with van der Waals surface area (Å²) >= 11 is 3.25. The van der Waals surface area contributed by atoms with E-state index in [0.29, 0.717) is 10.5 Å². The molecule has 33 heavy (non-hydrogen) atoms. The molecule has 0 unspecified atom stereocenters. The van der Waals surface area contributed by atoms with Gasteiger partial charge in [0.1, 0.15) is 16.5 Å². The molecule has 0 aliphatic rings. The molecule has 3 N–H and O–H groups in total. The molecular formula is C18H21BrF3N5O5S. The maximum Gasteiger partial charge on any atom is 0.417 e. The summed E-state index contributed by atoms with van der Waals surface area (Å²) in [6, 6.07) is 1.07. The predicted molar refractivity (Wildman–Crippen MR) is 119 cm³/mol. The topological polar surface area (TPSA) is 135 Å². The van der Waals surface area contributed by atoms with Crippen LogP contribution in [0.15, 0.2) is 32.1 Å². The SMILES string of the molecule is C=NS(=O)(=O)c1c(OC)cc(Nc2ncc(Br)c(N[C@H](COC)[C@@H](C)O)n2)cc1C(F)(F)F. The molecule has 0 radical (unpaired) electrons. The van der Waals surface area contributed by atoms with E-state index in [1.807, 2.05) is 0 Å². The van der Waals surface area contributed by atoms with E-state index in [4.69, 9.17) is 9.47 Å². The summed E-state index contributed by atoms with van der Waals surface area (Å²) in [5, 5.41) is 15.4. The van der Waals surface area contributed by atoms with E-state index in [1.54, 1.807) is 6.92 Å². The summed E-state index contributed by atoms with van der Waals surface area (Å²) in [5.41, 5.74) is -1.69. The van der Waals surface area contributed by atoms with Gasteiger partial charge in [0, 0.05) is 31.8 Å². The third kappa shape index (κ3) is 6.52. The van der Waals surface area contributed by atoms with Gasteiger partial charge in [0.05, 0.1) is 35.9 Å². The number of aromatic nitrogens is 2. The lowest BCUT2D eigenvalue weighted by Gasteiger charge is -2.22. The quantitative estimate of drug-likeness (QED) is 0.377. The maximum atomic E-state index is 13.7. The molecule has 0 saturated heterocycles. The zero-order valence-electron chi connectivity index (χ0n) is 17.6. The molecule has 15 heteroatoms. The van der Waals surface area contributed by atoms with Crippen LogP contribution >= 0.6 is 15.9 Å². The first kappa shape index (κ1) is 26.8. The number of sulfonamides is 1. The van der Waals surface area contributed by atoms with E-state index in [0.717, 1.165) is 13.2 Å². The van der Waals surface area contributed by atoms with Crippen molar-refractivity contribution in [2.75, 3.05) is 31.5 Å². The lowest BCUT2D eigenvalue weighted by Crippen LogP contribution is -2.36. The van der Waals surface area contributed by atoms with E-state index < -0.39 is 44.6 Å². The van der Waals surface area contributed by atoms with Gasteiger partial charge in [0.25, 0.3) is 10.0 Å². The first-order chi connectivity index (χ1) is 15.3. The van der Waals surface area contributed by atoms with Gasteiger partial charge < -0.3 is 25.2 Å². The molecule has 1 aromatic carbocycles. The van der Waals surface area contributed by atoms with E-state index in [9.17, 15) is 26.7 Å². The van der Waals surface area contributed by atoms with Crippen molar-refractivity contribution < 1.29 is 36.2 Å². The normalized spacial score (nSPS) is 13.8. The van der Waals surface area contributed by atoms with Crippen LogP contribution in [0, 0.1) is 0 Å². The van der Waals surface area contributed by atoms with Crippen LogP contribution in [0.1, 0.15) is 12.5 Å². The zero-order chi connectivity index (χ0) is 25.0. The summed E-state index contributed by atoms with van der Waals surface area (Å²) in [5.74, 6) is -0.479. The van der Waals surface area contributed by atoms with Crippen molar-refractivity contribution in [1.29, 1.82) is 0 Å². The van der Waals surface area contributed by atoms with Crippen LogP contribution < -0.4 is 15.4 Å². The number of hydrogen-bond acceptors (Lipinski definition) is 9. The van der Waals surface area contributed by atoms with Crippen LogP contribution in [0.25, 0.3) is 0 Å². The molecule has 2 rings (SSSR count). The van der Waals surface area contributed by atoms with Crippen molar-refractivity contribution in [2.24, 2.45) is 4.40 Å². The van der Waals surface area contributed by atoms with Gasteiger partial charge in [-0.3, -0.25) is 0 Å². The fourth-order valence-corrected chi connectivity index (χ4v) is 3.97. The van der Waals surface area contributed by atoms with E-state index in [1.165, 1.54) is 13.3 Å². The van der Waals surface area contributed by atoms with Crippen molar-refractivity contribution in [1.82, 2.24) is 9.97 Å². The Kier molecular flexibility index (Phi) is 8.62. The number of hydrogen-bond donors (Lipinski definition) is 3. The van der Waals surface area contributed by atoms with Crippen LogP contribution in [-0.2, 0) is 20.9 Å². The molecule has 2 atom stereocenters. The van der Waals surface area contributed by atoms with Crippen molar-refractivity contribution in [3.05, 3.63) is 28.4 Å². The van der Waals surface area contributed by atoms with Gasteiger partial charge in [-0.25, -0.2) is 4.98 Å². The Bertz CT molecular complexity index is 1120. The zero-order valence-corrected chi connectivity index (χ0v) is 20.0. The highest BCUT2D eigenvalue weighted by molar-refractivity contribution is 9.10. The average molecular weight is 556 g/mol. The largest absolute Gasteiger partial charge is 0.495 e. The number of nitrogens with zero attached hydrogens (tertiary/aromatic N) is 3. The van der Waals surface area contributed by atoms with Gasteiger partial charge in [0.2, 0.25) is 5.95 Å². The molecule has 1 aromatic heterocycles. The molecule has 0 saturated carbocycles. The lowest BCUT2D eigenvalue weighted by molar-refractivity contribution is -0.140. The number of rotatable bonds is 10. The number of aliphatic hydroxyl groups is 1. The second kappa shape index (κ2) is 10.6. The minimum atomic E-state index is -5.05. The lowest BCUT2D eigenvalue weighted by atomic mass is 10.1. The number of aliphatic hydroxyl groups excluding tert-OH is 1. The van der Waals surface area contributed by atoms with Crippen LogP contribution in [0.2, 0.25) is 0 Å². The van der Waals surface area contributed by atoms with Gasteiger partial charge in [-0.05, 0) is 28.9 Å². The third-order valence-corrected chi connectivity index (χ3v) is 6.12. The van der Waals surface area contributed by atoms with Crippen LogP contribution in [0.5, 0.6) is 5.75 Å². The first-order valence-electron chi connectivity index (χ1n) is 9.09. The smallest absolute Gasteiger partial charge is 0.417 e. The highest BCUT2D eigenvalue weighted by Gasteiger charge is 2.40. The summed E-state index contributed by atoms with van der Waals surface area (Å²) in [6.07, 6.45) is -4.52. The Morgan fingerprint density at radius 1 is 1.33 bits per heavy atom. The molecule has 10 nitrogen and oxygen atoms in total. The van der Waals surface area contributed by atoms with Gasteiger partial charge in [-0.15, -0.1) is 0 Å². The summed E-state index contributed by atoms with van der Waals surface area (Å²) in [4.78, 5) is 7.03. The Morgan fingerprint density at radius 3 is 2.52 bits per heavy atom. The third-order valence-electron chi connectivity index (χ3n) is 4.26. The Labute approximate surface area is 196 Å². The second-order valence-electron chi connectivity index (χ2n) is 6.62. The predicted octanol–water partition coefficient (Wildman–Crippen LogP) is 3.21. The van der Waals surface area contributed by atoms with Crippen LogP contribution in [0.3, 0.4) is 0 Å². The molecule has 0 aliphatic heterocycles. The second-order valence-corrected chi connectivity index (χ2v) is 9.09. The molecule has 1 heterocycles. The fourth-order valence-electron chi connectivity index (χ4n) is 2.68. The fraction of sp³-hybridized carbons (Fsp3) is 0.389. The van der Waals surface area contributed by atoms with Gasteiger partial charge in [-0.1, -0.05) is 0 Å². The average Bonchev–Trinajstić information content (AvgIpc) is 2.74. The number of nitrogens with one attached hydrogen (secondary N) is 2. The van der Waals surface area contributed by atoms with E-state index in [-0.39, 0.29) is 24.1 Å². The Hall–Kier alpha value is -2.49. The van der Waals surface area contributed by atoms with Gasteiger partial charge >= 0.3 is 6.18 Å². The van der Waals surface area contributed by atoms with Crippen molar-refractivity contribution >= 4 is 50.1 Å². The highest BCUT2D eigenvalue weighted by Crippen LogP contribution is 2.42. The summed E-state index contributed by atoms with van der Waals surface area (Å²) in [6.45, 7) is 4.52. The molecule has 182 valence electrons. The Balaban J connectivity index is 2.52. The number of halogens is 4. The number of alkyl halides is 3. The maximum absolute atomic E-state index is 13.7. The number of benzene rings is 1. The number of anilines is 3. The van der Waals surface area contributed by atoms with Crippen molar-refractivity contribution in [3.63, 3.8) is 0 Å². The van der Waals surface area contributed by atoms with Crippen LogP contribution in [0.4, 0.5) is 30.6 Å². The number of ether oxygens (including phenoxy) is 2. The van der Waals surface area contributed by atoms with E-state index >= 15 is 0 Å². The standard InChI is InChI=1S/C18H21BrF3N5O5S/c1-9(28)13(8-31-3)26-16-12(19)7-24-17(27-16)25-10-5-11(18(20,21)22)15(14(6-10)32-4)33(29,30)23-2/h5-7,9,13,28H,2,8H2,1,3-4H3,(H2,24,25,26,27)/t9-,13-/m1/s1.